The molecule has 0 aliphatic rings. The van der Waals surface area contributed by atoms with E-state index in [1.165, 1.54) is 0 Å². The summed E-state index contributed by atoms with van der Waals surface area (Å²) in [5.74, 6) is -1.11. The van der Waals surface area contributed by atoms with E-state index in [2.05, 4.69) is 6.92 Å². The molecule has 138 valence electrons. The number of hydrogen-bond donors (Lipinski definition) is 1. The Morgan fingerprint density at radius 1 is 0.962 bits per heavy atom. The quantitative estimate of drug-likeness (QED) is 0.740. The average Bonchev–Trinajstić information content (AvgIpc) is 2.67. The molecule has 0 spiro atoms. The third-order valence-corrected chi connectivity index (χ3v) is 4.24. The zero-order valence-electron chi connectivity index (χ0n) is 15.3. The molecule has 5 nitrogen and oxygen atoms in total. The fraction of sp³-hybridized carbons (Fsp3) is 0.333. The number of benzene rings is 2. The zero-order valence-corrected chi connectivity index (χ0v) is 15.3. The first kappa shape index (κ1) is 19.7. The third-order valence-electron chi connectivity index (χ3n) is 4.24. The maximum absolute atomic E-state index is 13.2. The van der Waals surface area contributed by atoms with Crippen LogP contribution in [0.5, 0.6) is 0 Å². The van der Waals surface area contributed by atoms with Crippen molar-refractivity contribution in [2.75, 3.05) is 26.8 Å². The van der Waals surface area contributed by atoms with E-state index in [9.17, 15) is 14.7 Å². The van der Waals surface area contributed by atoms with Gasteiger partial charge in [-0.25, -0.2) is 4.79 Å². The van der Waals surface area contributed by atoms with E-state index in [0.29, 0.717) is 36.4 Å². The molecule has 0 fully saturated rings. The molecule has 1 amide bonds. The summed E-state index contributed by atoms with van der Waals surface area (Å²) >= 11 is 0. The number of unbranched alkanes of at least 4 members (excludes halogenated alkanes) is 1. The number of carboxylic acid groups (broad SMARTS) is 1. The summed E-state index contributed by atoms with van der Waals surface area (Å²) in [5, 5.41) is 9.49. The predicted octanol–water partition coefficient (Wildman–Crippen LogP) is 3.94. The molecular weight excluding hydrogens is 330 g/mol. The maximum atomic E-state index is 13.2. The van der Waals surface area contributed by atoms with Gasteiger partial charge in [0.2, 0.25) is 0 Å². The highest BCUT2D eigenvalue weighted by Gasteiger charge is 2.21. The number of nitrogens with zero attached hydrogens (tertiary/aromatic N) is 1. The van der Waals surface area contributed by atoms with Crippen molar-refractivity contribution in [1.29, 1.82) is 0 Å². The SMILES string of the molecule is CCCCN(CCOC)C(=O)c1ccccc1-c1ccccc1C(=O)O. The Kier molecular flexibility index (Phi) is 7.36. The monoisotopic (exact) mass is 355 g/mol. The van der Waals surface area contributed by atoms with Crippen molar-refractivity contribution >= 4 is 11.9 Å². The zero-order chi connectivity index (χ0) is 18.9. The summed E-state index contributed by atoms with van der Waals surface area (Å²) in [4.78, 5) is 26.5. The molecule has 2 rings (SSSR count). The Labute approximate surface area is 154 Å². The van der Waals surface area contributed by atoms with Gasteiger partial charge in [0.1, 0.15) is 0 Å². The molecule has 26 heavy (non-hydrogen) atoms. The number of carboxylic acids is 1. The molecule has 0 heterocycles. The second kappa shape index (κ2) is 9.73. The van der Waals surface area contributed by atoms with Crippen molar-refractivity contribution in [3.8, 4) is 11.1 Å². The van der Waals surface area contributed by atoms with Crippen LogP contribution in [-0.4, -0.2) is 48.7 Å². The Morgan fingerprint density at radius 3 is 2.12 bits per heavy atom. The molecule has 0 aliphatic carbocycles. The first-order valence-electron chi connectivity index (χ1n) is 8.80. The molecular formula is C21H25NO4. The first-order chi connectivity index (χ1) is 12.6. The van der Waals surface area contributed by atoms with Gasteiger partial charge in [0.05, 0.1) is 12.2 Å². The third kappa shape index (κ3) is 4.70. The summed E-state index contributed by atoms with van der Waals surface area (Å²) in [6, 6.07) is 13.9. The number of methoxy groups -OCH3 is 1. The van der Waals surface area contributed by atoms with E-state index >= 15 is 0 Å². The largest absolute Gasteiger partial charge is 0.478 e. The van der Waals surface area contributed by atoms with Crippen LogP contribution in [-0.2, 0) is 4.74 Å². The topological polar surface area (TPSA) is 66.8 Å². The second-order valence-corrected chi connectivity index (χ2v) is 6.03. The maximum Gasteiger partial charge on any atom is 0.336 e. The van der Waals surface area contributed by atoms with Crippen LogP contribution in [0.25, 0.3) is 11.1 Å². The minimum absolute atomic E-state index is 0.105. The van der Waals surface area contributed by atoms with Crippen LogP contribution in [0.1, 0.15) is 40.5 Å². The number of carbonyl (C=O) groups excluding carboxylic acids is 1. The van der Waals surface area contributed by atoms with Crippen molar-refractivity contribution < 1.29 is 19.4 Å². The molecule has 2 aromatic carbocycles. The molecule has 0 radical (unpaired) electrons. The lowest BCUT2D eigenvalue weighted by Crippen LogP contribution is -2.35. The number of ether oxygens (including phenoxy) is 1. The van der Waals surface area contributed by atoms with Gasteiger partial charge < -0.3 is 14.7 Å². The highest BCUT2D eigenvalue weighted by molar-refractivity contribution is 6.04. The van der Waals surface area contributed by atoms with Gasteiger partial charge in [-0.2, -0.15) is 0 Å². The molecule has 1 N–H and O–H groups in total. The lowest BCUT2D eigenvalue weighted by Gasteiger charge is -2.24. The van der Waals surface area contributed by atoms with Crippen LogP contribution < -0.4 is 0 Å². The Morgan fingerprint density at radius 2 is 1.54 bits per heavy atom. The lowest BCUT2D eigenvalue weighted by atomic mass is 9.94. The highest BCUT2D eigenvalue weighted by atomic mass is 16.5. The van der Waals surface area contributed by atoms with Crippen LogP contribution >= 0.6 is 0 Å². The average molecular weight is 355 g/mol. The van der Waals surface area contributed by atoms with E-state index in [0.717, 1.165) is 12.8 Å². The van der Waals surface area contributed by atoms with E-state index in [1.807, 2.05) is 6.07 Å². The highest BCUT2D eigenvalue weighted by Crippen LogP contribution is 2.28. The Balaban J connectivity index is 2.44. The van der Waals surface area contributed by atoms with E-state index in [4.69, 9.17) is 4.74 Å². The normalized spacial score (nSPS) is 10.5. The van der Waals surface area contributed by atoms with Crippen LogP contribution in [0.2, 0.25) is 0 Å². The van der Waals surface area contributed by atoms with Gasteiger partial charge in [-0.3, -0.25) is 4.79 Å². The number of hydrogen-bond acceptors (Lipinski definition) is 3. The summed E-state index contributed by atoms with van der Waals surface area (Å²) in [7, 11) is 1.61. The van der Waals surface area contributed by atoms with Gasteiger partial charge >= 0.3 is 5.97 Å². The van der Waals surface area contributed by atoms with Gasteiger partial charge in [0.15, 0.2) is 0 Å². The number of amides is 1. The summed E-state index contributed by atoms with van der Waals surface area (Å²) < 4.78 is 5.13. The van der Waals surface area contributed by atoms with Crippen molar-refractivity contribution in [3.63, 3.8) is 0 Å². The van der Waals surface area contributed by atoms with Crippen LogP contribution in [0, 0.1) is 0 Å². The molecule has 0 atom stereocenters. The first-order valence-corrected chi connectivity index (χ1v) is 8.80. The van der Waals surface area contributed by atoms with Gasteiger partial charge in [-0.1, -0.05) is 49.7 Å². The standard InChI is InChI=1S/C21H25NO4/c1-3-4-13-22(14-15-26-2)20(23)18-11-7-5-9-16(18)17-10-6-8-12-19(17)21(24)25/h5-12H,3-4,13-15H2,1-2H3,(H,24,25). The number of carbonyl (C=O) groups is 2. The van der Waals surface area contributed by atoms with Gasteiger partial charge in [0.25, 0.3) is 5.91 Å². The fourth-order valence-corrected chi connectivity index (χ4v) is 2.84. The second-order valence-electron chi connectivity index (χ2n) is 6.03. The minimum atomic E-state index is -1.01. The Hall–Kier alpha value is -2.66. The van der Waals surface area contributed by atoms with Gasteiger partial charge in [-0.05, 0) is 29.7 Å². The molecule has 0 aliphatic heterocycles. The summed E-state index contributed by atoms with van der Waals surface area (Å²) in [5.41, 5.74) is 1.87. The molecule has 5 heteroatoms. The van der Waals surface area contributed by atoms with Crippen molar-refractivity contribution in [1.82, 2.24) is 4.90 Å². The van der Waals surface area contributed by atoms with Crippen LogP contribution in [0.3, 0.4) is 0 Å². The van der Waals surface area contributed by atoms with E-state index in [1.54, 1.807) is 54.5 Å². The lowest BCUT2D eigenvalue weighted by molar-refractivity contribution is 0.0685. The minimum Gasteiger partial charge on any atom is -0.478 e. The molecule has 0 unspecified atom stereocenters. The van der Waals surface area contributed by atoms with E-state index < -0.39 is 5.97 Å². The smallest absolute Gasteiger partial charge is 0.336 e. The fourth-order valence-electron chi connectivity index (χ4n) is 2.84. The molecule has 0 saturated heterocycles. The van der Waals surface area contributed by atoms with Crippen LogP contribution in [0.4, 0.5) is 0 Å². The van der Waals surface area contributed by atoms with Crippen molar-refractivity contribution in [2.45, 2.75) is 19.8 Å². The van der Waals surface area contributed by atoms with E-state index in [-0.39, 0.29) is 11.5 Å². The molecule has 2 aromatic rings. The van der Waals surface area contributed by atoms with Gasteiger partial charge in [0, 0.05) is 25.8 Å². The van der Waals surface area contributed by atoms with Crippen LogP contribution in [0.15, 0.2) is 48.5 Å². The number of aromatic carboxylic acids is 1. The summed E-state index contributed by atoms with van der Waals surface area (Å²) in [6.07, 6.45) is 1.89. The molecule has 0 saturated carbocycles. The van der Waals surface area contributed by atoms with Gasteiger partial charge in [-0.15, -0.1) is 0 Å². The molecule has 0 bridgehead atoms. The van der Waals surface area contributed by atoms with Crippen molar-refractivity contribution in [2.24, 2.45) is 0 Å². The van der Waals surface area contributed by atoms with Crippen molar-refractivity contribution in [3.05, 3.63) is 59.7 Å². The summed E-state index contributed by atoms with van der Waals surface area (Å²) in [6.45, 7) is 3.69. The Bertz CT molecular complexity index is 749. The number of rotatable bonds is 9. The molecule has 0 aromatic heterocycles. The predicted molar refractivity (Wildman–Crippen MR) is 102 cm³/mol.